The van der Waals surface area contributed by atoms with Crippen molar-refractivity contribution in [1.29, 1.82) is 0 Å². The van der Waals surface area contributed by atoms with E-state index in [0.29, 0.717) is 10.0 Å². The van der Waals surface area contributed by atoms with Crippen molar-refractivity contribution in [3.8, 4) is 0 Å². The summed E-state index contributed by atoms with van der Waals surface area (Å²) in [5, 5.41) is 2.19. The largest absolute Gasteiger partial charge is 0.327 e. The lowest BCUT2D eigenvalue weighted by molar-refractivity contribution is 0.720. The zero-order chi connectivity index (χ0) is 13.8. The summed E-state index contributed by atoms with van der Waals surface area (Å²) >= 11 is 13.7. The summed E-state index contributed by atoms with van der Waals surface area (Å²) in [6.07, 6.45) is 1.73. The van der Waals surface area contributed by atoms with E-state index in [1.54, 1.807) is 18.0 Å². The van der Waals surface area contributed by atoms with Crippen molar-refractivity contribution in [3.63, 3.8) is 0 Å². The SMILES string of the molecule is CC(N)C(Sc1ncccc1Cl)c1cccc(Cl)c1. The second-order valence-electron chi connectivity index (χ2n) is 4.24. The maximum atomic E-state index is 6.14. The van der Waals surface area contributed by atoms with Gasteiger partial charge in [0.2, 0.25) is 0 Å². The van der Waals surface area contributed by atoms with Gasteiger partial charge < -0.3 is 5.73 Å². The Morgan fingerprint density at radius 2 is 2.00 bits per heavy atom. The molecular weight excluding hydrogens is 299 g/mol. The van der Waals surface area contributed by atoms with E-state index in [1.165, 1.54) is 0 Å². The van der Waals surface area contributed by atoms with Crippen molar-refractivity contribution in [1.82, 2.24) is 4.98 Å². The van der Waals surface area contributed by atoms with Crippen LogP contribution in [0.15, 0.2) is 47.6 Å². The normalized spacial score (nSPS) is 14.1. The van der Waals surface area contributed by atoms with Crippen LogP contribution in [-0.4, -0.2) is 11.0 Å². The molecule has 0 saturated heterocycles. The van der Waals surface area contributed by atoms with Crippen molar-refractivity contribution >= 4 is 35.0 Å². The summed E-state index contributed by atoms with van der Waals surface area (Å²) < 4.78 is 0. The van der Waals surface area contributed by atoms with Crippen LogP contribution in [0.5, 0.6) is 0 Å². The van der Waals surface area contributed by atoms with Crippen LogP contribution in [0.25, 0.3) is 0 Å². The van der Waals surface area contributed by atoms with Crippen molar-refractivity contribution in [2.24, 2.45) is 5.73 Å². The zero-order valence-corrected chi connectivity index (χ0v) is 12.7. The lowest BCUT2D eigenvalue weighted by atomic mass is 10.1. The van der Waals surface area contributed by atoms with Crippen molar-refractivity contribution in [2.75, 3.05) is 0 Å². The molecule has 0 aliphatic heterocycles. The Balaban J connectivity index is 2.29. The molecule has 5 heteroatoms. The fourth-order valence-electron chi connectivity index (χ4n) is 1.74. The number of nitrogens with two attached hydrogens (primary N) is 1. The molecule has 0 fully saturated rings. The first-order valence-corrected chi connectivity index (χ1v) is 7.49. The fraction of sp³-hybridized carbons (Fsp3) is 0.214. The first-order valence-electron chi connectivity index (χ1n) is 5.86. The maximum Gasteiger partial charge on any atom is 0.115 e. The highest BCUT2D eigenvalue weighted by atomic mass is 35.5. The average molecular weight is 313 g/mol. The molecule has 0 bridgehead atoms. The highest BCUT2D eigenvalue weighted by Gasteiger charge is 2.19. The number of hydrogen-bond acceptors (Lipinski definition) is 3. The molecule has 1 aromatic heterocycles. The van der Waals surface area contributed by atoms with Crippen LogP contribution in [-0.2, 0) is 0 Å². The number of thioether (sulfide) groups is 1. The maximum absolute atomic E-state index is 6.14. The van der Waals surface area contributed by atoms with Gasteiger partial charge >= 0.3 is 0 Å². The topological polar surface area (TPSA) is 38.9 Å². The summed E-state index contributed by atoms with van der Waals surface area (Å²) in [7, 11) is 0. The van der Waals surface area contributed by atoms with Crippen LogP contribution in [0, 0.1) is 0 Å². The smallest absolute Gasteiger partial charge is 0.115 e. The van der Waals surface area contributed by atoms with Gasteiger partial charge in [0.1, 0.15) is 5.03 Å². The van der Waals surface area contributed by atoms with Gasteiger partial charge in [0, 0.05) is 17.3 Å². The van der Waals surface area contributed by atoms with Gasteiger partial charge in [0.15, 0.2) is 0 Å². The number of pyridine rings is 1. The second kappa shape index (κ2) is 6.62. The molecule has 19 heavy (non-hydrogen) atoms. The Morgan fingerprint density at radius 3 is 2.63 bits per heavy atom. The van der Waals surface area contributed by atoms with Crippen LogP contribution in [0.2, 0.25) is 10.0 Å². The molecule has 0 amide bonds. The molecule has 0 saturated carbocycles. The van der Waals surface area contributed by atoms with Gasteiger partial charge in [0.05, 0.1) is 10.3 Å². The van der Waals surface area contributed by atoms with Crippen molar-refractivity contribution < 1.29 is 0 Å². The summed E-state index contributed by atoms with van der Waals surface area (Å²) in [6.45, 7) is 1.97. The number of hydrogen-bond donors (Lipinski definition) is 1. The molecule has 0 radical (unpaired) electrons. The van der Waals surface area contributed by atoms with E-state index in [9.17, 15) is 0 Å². The third-order valence-corrected chi connectivity index (χ3v) is 4.77. The van der Waals surface area contributed by atoms with Crippen molar-refractivity contribution in [3.05, 3.63) is 58.2 Å². The van der Waals surface area contributed by atoms with Crippen LogP contribution in [0.4, 0.5) is 0 Å². The summed E-state index contributed by atoms with van der Waals surface area (Å²) in [4.78, 5) is 4.29. The monoisotopic (exact) mass is 312 g/mol. The van der Waals surface area contributed by atoms with E-state index in [4.69, 9.17) is 28.9 Å². The van der Waals surface area contributed by atoms with Gasteiger partial charge in [0.25, 0.3) is 0 Å². The minimum Gasteiger partial charge on any atom is -0.327 e. The lowest BCUT2D eigenvalue weighted by Crippen LogP contribution is -2.22. The van der Waals surface area contributed by atoms with Crippen LogP contribution >= 0.6 is 35.0 Å². The highest BCUT2D eigenvalue weighted by molar-refractivity contribution is 7.99. The zero-order valence-electron chi connectivity index (χ0n) is 10.4. The first-order chi connectivity index (χ1) is 9.08. The van der Waals surface area contributed by atoms with Gasteiger partial charge in [-0.1, -0.05) is 47.1 Å². The van der Waals surface area contributed by atoms with Crippen molar-refractivity contribution in [2.45, 2.75) is 23.2 Å². The summed E-state index contributed by atoms with van der Waals surface area (Å²) in [5.74, 6) is 0. The highest BCUT2D eigenvalue weighted by Crippen LogP contribution is 2.39. The van der Waals surface area contributed by atoms with Crippen LogP contribution in [0.1, 0.15) is 17.7 Å². The van der Waals surface area contributed by atoms with E-state index in [1.807, 2.05) is 43.3 Å². The number of halogens is 2. The third-order valence-electron chi connectivity index (χ3n) is 2.62. The standard InChI is InChI=1S/C14H14Cl2N2S/c1-9(17)13(10-4-2-5-11(15)8-10)19-14-12(16)6-3-7-18-14/h2-9,13H,17H2,1H3. The van der Waals surface area contributed by atoms with Crippen LogP contribution in [0.3, 0.4) is 0 Å². The fourth-order valence-corrected chi connectivity index (χ4v) is 3.23. The van der Waals surface area contributed by atoms with E-state index in [-0.39, 0.29) is 11.3 Å². The number of rotatable bonds is 4. The molecule has 1 heterocycles. The Kier molecular flexibility index (Phi) is 5.11. The van der Waals surface area contributed by atoms with Gasteiger partial charge in [-0.2, -0.15) is 0 Å². The minimum absolute atomic E-state index is 0.0402. The quantitative estimate of drug-likeness (QED) is 0.840. The van der Waals surface area contributed by atoms with Gasteiger partial charge in [-0.15, -0.1) is 0 Å². The van der Waals surface area contributed by atoms with Crippen LogP contribution < -0.4 is 5.73 Å². The minimum atomic E-state index is -0.0402. The molecule has 0 spiro atoms. The molecule has 2 N–H and O–H groups in total. The number of nitrogens with zero attached hydrogens (tertiary/aromatic N) is 1. The summed E-state index contributed by atoms with van der Waals surface area (Å²) in [5.41, 5.74) is 7.16. The molecular formula is C14H14Cl2N2S. The Morgan fingerprint density at radius 1 is 1.21 bits per heavy atom. The third kappa shape index (κ3) is 3.86. The van der Waals surface area contributed by atoms with Gasteiger partial charge in [-0.05, 0) is 36.8 Å². The lowest BCUT2D eigenvalue weighted by Gasteiger charge is -2.21. The summed E-state index contributed by atoms with van der Waals surface area (Å²) in [6, 6.07) is 11.3. The average Bonchev–Trinajstić information content (AvgIpc) is 2.37. The number of benzene rings is 1. The molecule has 2 aromatic rings. The van der Waals surface area contributed by atoms with E-state index >= 15 is 0 Å². The van der Waals surface area contributed by atoms with E-state index in [0.717, 1.165) is 10.6 Å². The Bertz CT molecular complexity index is 561. The Labute approximate surface area is 127 Å². The predicted molar refractivity (Wildman–Crippen MR) is 82.9 cm³/mol. The predicted octanol–water partition coefficient (Wildman–Crippen LogP) is 4.57. The molecule has 100 valence electrons. The van der Waals surface area contributed by atoms with Gasteiger partial charge in [-0.25, -0.2) is 4.98 Å². The number of aromatic nitrogens is 1. The molecule has 2 nitrogen and oxygen atoms in total. The Hall–Kier alpha value is -0.740. The molecule has 2 unspecified atom stereocenters. The van der Waals surface area contributed by atoms with E-state index in [2.05, 4.69) is 4.98 Å². The molecule has 2 atom stereocenters. The molecule has 1 aromatic carbocycles. The first kappa shape index (κ1) is 14.7. The molecule has 2 rings (SSSR count). The molecule has 0 aliphatic rings. The van der Waals surface area contributed by atoms with Gasteiger partial charge in [-0.3, -0.25) is 0 Å². The second-order valence-corrected chi connectivity index (χ2v) is 6.22. The molecule has 0 aliphatic carbocycles. The van der Waals surface area contributed by atoms with E-state index < -0.39 is 0 Å².